The lowest BCUT2D eigenvalue weighted by Gasteiger charge is -2.18. The van der Waals surface area contributed by atoms with Gasteiger partial charge in [0.05, 0.1) is 5.69 Å². The average molecular weight is 345 g/mol. The third-order valence-electron chi connectivity index (χ3n) is 1.75. The van der Waals surface area contributed by atoms with Crippen LogP contribution >= 0.6 is 0 Å². The molecule has 0 aliphatic rings. The molecule has 0 spiro atoms. The number of nitrogens with two attached hydrogens (primary N) is 1. The smallest absolute Gasteiger partial charge is 0.403 e. The van der Waals surface area contributed by atoms with Gasteiger partial charge in [0.15, 0.2) is 17.2 Å². The highest BCUT2D eigenvalue weighted by Gasteiger charge is 2.38. The Bertz CT molecular complexity index is 535. The maximum absolute atomic E-state index is 12.1. The Labute approximate surface area is 115 Å². The first-order valence-corrected chi connectivity index (χ1v) is 4.87. The first-order chi connectivity index (χ1) is 9.66. The highest BCUT2D eigenvalue weighted by Crippen LogP contribution is 2.42. The quantitative estimate of drug-likeness (QED) is 0.665. The third kappa shape index (κ3) is 6.05. The first-order valence-electron chi connectivity index (χ1n) is 4.87. The van der Waals surface area contributed by atoms with E-state index in [9.17, 15) is 39.5 Å². The van der Waals surface area contributed by atoms with Crippen LogP contribution in [0.25, 0.3) is 0 Å². The van der Waals surface area contributed by atoms with Crippen LogP contribution in [0.1, 0.15) is 0 Å². The van der Waals surface area contributed by atoms with Crippen molar-refractivity contribution in [1.29, 1.82) is 0 Å². The van der Waals surface area contributed by atoms with Crippen LogP contribution in [0, 0.1) is 0 Å². The molecule has 0 saturated carbocycles. The van der Waals surface area contributed by atoms with Gasteiger partial charge in [0.1, 0.15) is 0 Å². The number of halogens is 9. The molecule has 0 aliphatic heterocycles. The number of rotatable bonds is 3. The highest BCUT2D eigenvalue weighted by atomic mass is 19.4. The highest BCUT2D eigenvalue weighted by molar-refractivity contribution is 5.62. The van der Waals surface area contributed by atoms with Crippen LogP contribution in [-0.2, 0) is 0 Å². The molecule has 1 aromatic carbocycles. The largest absolute Gasteiger partial charge is 0.573 e. The Kier molecular flexibility index (Phi) is 4.49. The SMILES string of the molecule is Nc1cc(OC(F)(F)F)c(OC(F)(F)F)cc1OC(F)(F)F. The molecule has 2 N–H and O–H groups in total. The maximum atomic E-state index is 12.1. The predicted molar refractivity (Wildman–Crippen MR) is 50.9 cm³/mol. The Hall–Kier alpha value is -2.21. The topological polar surface area (TPSA) is 53.7 Å². The summed E-state index contributed by atoms with van der Waals surface area (Å²) in [5, 5.41) is 0. The van der Waals surface area contributed by atoms with E-state index in [0.717, 1.165) is 0 Å². The van der Waals surface area contributed by atoms with Crippen LogP contribution in [-0.4, -0.2) is 19.1 Å². The summed E-state index contributed by atoms with van der Waals surface area (Å²) in [6.45, 7) is 0. The van der Waals surface area contributed by atoms with Gasteiger partial charge in [-0.25, -0.2) is 0 Å². The molecular weight excluding hydrogens is 341 g/mol. The van der Waals surface area contributed by atoms with Crippen molar-refractivity contribution >= 4 is 5.69 Å². The van der Waals surface area contributed by atoms with E-state index in [2.05, 4.69) is 14.2 Å². The number of hydrogen-bond donors (Lipinski definition) is 1. The molecule has 126 valence electrons. The Morgan fingerprint density at radius 3 is 1.27 bits per heavy atom. The fourth-order valence-electron chi connectivity index (χ4n) is 1.18. The zero-order valence-corrected chi connectivity index (χ0v) is 9.86. The van der Waals surface area contributed by atoms with Gasteiger partial charge in [-0.2, -0.15) is 0 Å². The maximum Gasteiger partial charge on any atom is 0.573 e. The minimum absolute atomic E-state index is 0.0512. The van der Waals surface area contributed by atoms with Crippen molar-refractivity contribution in [2.24, 2.45) is 0 Å². The summed E-state index contributed by atoms with van der Waals surface area (Å²) in [6, 6.07) is -0.0764. The van der Waals surface area contributed by atoms with E-state index < -0.39 is 42.0 Å². The van der Waals surface area contributed by atoms with Crippen LogP contribution in [0.3, 0.4) is 0 Å². The van der Waals surface area contributed by atoms with Gasteiger partial charge in [-0.1, -0.05) is 0 Å². The molecule has 0 heterocycles. The lowest BCUT2D eigenvalue weighted by Crippen LogP contribution is -2.22. The summed E-state index contributed by atoms with van der Waals surface area (Å²) in [5.74, 6) is -4.68. The summed E-state index contributed by atoms with van der Waals surface area (Å²) in [5.41, 5.74) is 3.92. The number of benzene rings is 1. The summed E-state index contributed by atoms with van der Waals surface area (Å²) in [7, 11) is 0. The van der Waals surface area contributed by atoms with Crippen molar-refractivity contribution in [2.75, 3.05) is 5.73 Å². The van der Waals surface area contributed by atoms with Gasteiger partial charge in [0.25, 0.3) is 0 Å². The minimum atomic E-state index is -5.49. The molecule has 0 aromatic heterocycles. The molecule has 0 radical (unpaired) electrons. The Morgan fingerprint density at radius 2 is 0.909 bits per heavy atom. The molecule has 0 saturated heterocycles. The summed E-state index contributed by atoms with van der Waals surface area (Å²) < 4.78 is 118. The number of hydrogen-bond acceptors (Lipinski definition) is 4. The fraction of sp³-hybridized carbons (Fsp3) is 0.333. The normalized spacial score (nSPS) is 13.0. The van der Waals surface area contributed by atoms with Crippen molar-refractivity contribution in [2.45, 2.75) is 19.1 Å². The van der Waals surface area contributed by atoms with Gasteiger partial charge >= 0.3 is 19.1 Å². The van der Waals surface area contributed by atoms with Crippen molar-refractivity contribution in [3.8, 4) is 17.2 Å². The molecule has 4 nitrogen and oxygen atoms in total. The minimum Gasteiger partial charge on any atom is -0.403 e. The average Bonchev–Trinajstić information content (AvgIpc) is 2.18. The molecule has 1 rings (SSSR count). The number of nitrogen functional groups attached to an aromatic ring is 1. The van der Waals surface area contributed by atoms with E-state index in [1.807, 2.05) is 0 Å². The Balaban J connectivity index is 3.29. The number of anilines is 1. The van der Waals surface area contributed by atoms with E-state index in [4.69, 9.17) is 5.73 Å². The fourth-order valence-corrected chi connectivity index (χ4v) is 1.18. The van der Waals surface area contributed by atoms with Crippen LogP contribution in [0.15, 0.2) is 12.1 Å². The lowest BCUT2D eigenvalue weighted by atomic mass is 10.2. The molecule has 13 heteroatoms. The van der Waals surface area contributed by atoms with Gasteiger partial charge < -0.3 is 19.9 Å². The molecule has 0 fully saturated rings. The molecule has 0 atom stereocenters. The van der Waals surface area contributed by atoms with Crippen LogP contribution in [0.5, 0.6) is 17.2 Å². The molecule has 0 amide bonds. The zero-order valence-electron chi connectivity index (χ0n) is 9.86. The zero-order chi connectivity index (χ0) is 17.3. The second kappa shape index (κ2) is 5.53. The molecular formula is C9H4F9NO3. The van der Waals surface area contributed by atoms with Gasteiger partial charge in [-0.3, -0.25) is 0 Å². The summed E-state index contributed by atoms with van der Waals surface area (Å²) >= 11 is 0. The number of ether oxygens (including phenoxy) is 3. The van der Waals surface area contributed by atoms with Gasteiger partial charge in [-0.15, -0.1) is 39.5 Å². The second-order valence-electron chi connectivity index (χ2n) is 3.48. The van der Waals surface area contributed by atoms with Gasteiger partial charge in [0, 0.05) is 12.1 Å². The van der Waals surface area contributed by atoms with E-state index in [1.165, 1.54) is 0 Å². The second-order valence-corrected chi connectivity index (χ2v) is 3.48. The van der Waals surface area contributed by atoms with Crippen LogP contribution in [0.4, 0.5) is 45.2 Å². The standard InChI is InChI=1S/C9H4F9NO3/c10-7(11,12)20-4-2-6(22-9(16,17)18)5(1-3(4)19)21-8(13,14)15/h1-2H,19H2. The first kappa shape index (κ1) is 17.8. The van der Waals surface area contributed by atoms with E-state index in [-0.39, 0.29) is 12.1 Å². The van der Waals surface area contributed by atoms with Gasteiger partial charge in [-0.05, 0) is 0 Å². The summed E-state index contributed by atoms with van der Waals surface area (Å²) in [6.07, 6.45) is -16.3. The molecule has 1 aromatic rings. The predicted octanol–water partition coefficient (Wildman–Crippen LogP) is 3.96. The van der Waals surface area contributed by atoms with E-state index in [0.29, 0.717) is 0 Å². The van der Waals surface area contributed by atoms with Crippen molar-refractivity contribution in [3.63, 3.8) is 0 Å². The number of alkyl halides is 9. The molecule has 0 unspecified atom stereocenters. The van der Waals surface area contributed by atoms with Crippen LogP contribution < -0.4 is 19.9 Å². The lowest BCUT2D eigenvalue weighted by molar-refractivity contribution is -0.287. The summed E-state index contributed by atoms with van der Waals surface area (Å²) in [4.78, 5) is 0. The van der Waals surface area contributed by atoms with Gasteiger partial charge in [0.2, 0.25) is 0 Å². The van der Waals surface area contributed by atoms with Crippen molar-refractivity contribution in [1.82, 2.24) is 0 Å². The van der Waals surface area contributed by atoms with Crippen molar-refractivity contribution < 1.29 is 53.7 Å². The molecule has 0 aliphatic carbocycles. The monoisotopic (exact) mass is 345 g/mol. The van der Waals surface area contributed by atoms with Crippen LogP contribution in [0.2, 0.25) is 0 Å². The van der Waals surface area contributed by atoms with Crippen molar-refractivity contribution in [3.05, 3.63) is 12.1 Å². The molecule has 0 bridgehead atoms. The third-order valence-corrected chi connectivity index (χ3v) is 1.75. The molecule has 22 heavy (non-hydrogen) atoms. The Morgan fingerprint density at radius 1 is 0.591 bits per heavy atom. The van der Waals surface area contributed by atoms with E-state index in [1.54, 1.807) is 0 Å². The van der Waals surface area contributed by atoms with E-state index >= 15 is 0 Å².